The number of anilines is 1. The Labute approximate surface area is 127 Å². The van der Waals surface area contributed by atoms with E-state index in [0.717, 1.165) is 24.2 Å². The topological polar surface area (TPSA) is 49.4 Å². The zero-order chi connectivity index (χ0) is 14.3. The fourth-order valence-corrected chi connectivity index (χ4v) is 3.22. The molecule has 0 unspecified atom stereocenters. The largest absolute Gasteiger partial charge is 0.337 e. The van der Waals surface area contributed by atoms with E-state index in [1.807, 2.05) is 0 Å². The Morgan fingerprint density at radius 3 is 2.60 bits per heavy atom. The van der Waals surface area contributed by atoms with Gasteiger partial charge < -0.3 is 5.32 Å². The summed E-state index contributed by atoms with van der Waals surface area (Å²) in [6.45, 7) is 0.548. The summed E-state index contributed by atoms with van der Waals surface area (Å²) in [4.78, 5) is 25.8. The zero-order valence-corrected chi connectivity index (χ0v) is 12.3. The van der Waals surface area contributed by atoms with Gasteiger partial charge >= 0.3 is 6.03 Å². The number of nitrogens with zero attached hydrogens (tertiary/aromatic N) is 1. The number of carbonyl (C=O) groups excluding carboxylic acids is 2. The molecule has 106 valence electrons. The third-order valence-electron chi connectivity index (χ3n) is 4.16. The summed E-state index contributed by atoms with van der Waals surface area (Å²) in [5.41, 5.74) is 0.282. The van der Waals surface area contributed by atoms with Gasteiger partial charge in [-0.05, 0) is 36.5 Å². The van der Waals surface area contributed by atoms with Gasteiger partial charge in [0.25, 0.3) is 0 Å². The molecule has 3 rings (SSSR count). The number of imide groups is 1. The summed E-state index contributed by atoms with van der Waals surface area (Å²) in [7, 11) is 0. The average molecular weight is 313 g/mol. The highest BCUT2D eigenvalue weighted by Crippen LogP contribution is 2.45. The van der Waals surface area contributed by atoms with Gasteiger partial charge in [0.1, 0.15) is 0 Å². The number of benzene rings is 1. The van der Waals surface area contributed by atoms with Gasteiger partial charge in [0, 0.05) is 18.0 Å². The number of amides is 3. The molecule has 1 aromatic carbocycles. The average Bonchev–Trinajstić information content (AvgIpc) is 2.49. The number of halogens is 2. The first kappa shape index (κ1) is 13.7. The van der Waals surface area contributed by atoms with Gasteiger partial charge in [-0.15, -0.1) is 0 Å². The second-order valence-corrected chi connectivity index (χ2v) is 6.36. The summed E-state index contributed by atoms with van der Waals surface area (Å²) in [5.74, 6) is -0.219. The number of urea groups is 1. The molecule has 1 N–H and O–H groups in total. The third-order valence-corrected chi connectivity index (χ3v) is 4.71. The van der Waals surface area contributed by atoms with Crippen LogP contribution in [0.4, 0.5) is 10.5 Å². The molecule has 2 fully saturated rings. The van der Waals surface area contributed by atoms with Crippen LogP contribution in [0.5, 0.6) is 0 Å². The minimum absolute atomic E-state index is 0.0630. The Kier molecular flexibility index (Phi) is 3.38. The molecule has 1 heterocycles. The van der Waals surface area contributed by atoms with E-state index in [4.69, 9.17) is 23.2 Å². The molecule has 2 aliphatic rings. The maximum atomic E-state index is 12.5. The summed E-state index contributed by atoms with van der Waals surface area (Å²) < 4.78 is 0. The summed E-state index contributed by atoms with van der Waals surface area (Å²) in [6.07, 6.45) is 3.45. The number of nitrogens with one attached hydrogen (secondary N) is 1. The fourth-order valence-electron chi connectivity index (χ4n) is 2.85. The molecule has 1 spiro atoms. The lowest BCUT2D eigenvalue weighted by molar-refractivity contribution is -0.120. The number of carbonyl (C=O) groups is 2. The van der Waals surface area contributed by atoms with Crippen molar-refractivity contribution in [2.75, 3.05) is 11.4 Å². The minimum atomic E-state index is -0.428. The fraction of sp³-hybridized carbons (Fsp3) is 0.429. The van der Waals surface area contributed by atoms with Crippen LogP contribution in [0.15, 0.2) is 18.2 Å². The molecule has 20 heavy (non-hydrogen) atoms. The van der Waals surface area contributed by atoms with Gasteiger partial charge in [-0.25, -0.2) is 9.69 Å². The molecule has 6 heteroatoms. The van der Waals surface area contributed by atoms with Crippen LogP contribution in [-0.4, -0.2) is 18.5 Å². The predicted molar refractivity (Wildman–Crippen MR) is 78.2 cm³/mol. The van der Waals surface area contributed by atoms with Crippen LogP contribution in [0, 0.1) is 5.41 Å². The molecule has 3 amide bonds. The number of hydrogen-bond acceptors (Lipinski definition) is 2. The molecule has 1 aliphatic carbocycles. The van der Waals surface area contributed by atoms with Crippen molar-refractivity contribution in [3.8, 4) is 0 Å². The lowest BCUT2D eigenvalue weighted by Gasteiger charge is -2.39. The number of hydrogen-bond donors (Lipinski definition) is 1. The molecular formula is C14H14Cl2N2O2. The molecule has 4 nitrogen and oxygen atoms in total. The first-order valence-electron chi connectivity index (χ1n) is 6.57. The van der Waals surface area contributed by atoms with E-state index in [1.165, 1.54) is 0 Å². The van der Waals surface area contributed by atoms with Crippen molar-refractivity contribution in [3.63, 3.8) is 0 Å². The Morgan fingerprint density at radius 2 is 1.95 bits per heavy atom. The van der Waals surface area contributed by atoms with Crippen molar-refractivity contribution < 1.29 is 9.59 Å². The summed E-state index contributed by atoms with van der Waals surface area (Å²) in [6, 6.07) is 4.33. The maximum absolute atomic E-state index is 12.5. The van der Waals surface area contributed by atoms with Gasteiger partial charge in [-0.2, -0.15) is 0 Å². The second-order valence-electron chi connectivity index (χ2n) is 5.51. The summed E-state index contributed by atoms with van der Waals surface area (Å²) in [5, 5.41) is 3.60. The van der Waals surface area contributed by atoms with Crippen molar-refractivity contribution in [1.29, 1.82) is 0 Å². The van der Waals surface area contributed by atoms with E-state index in [2.05, 4.69) is 5.32 Å². The first-order valence-corrected chi connectivity index (χ1v) is 7.32. The Hall–Kier alpha value is -1.26. The monoisotopic (exact) mass is 312 g/mol. The first-order chi connectivity index (χ1) is 9.51. The highest BCUT2D eigenvalue weighted by atomic mass is 35.5. The van der Waals surface area contributed by atoms with Crippen LogP contribution in [-0.2, 0) is 4.79 Å². The van der Waals surface area contributed by atoms with E-state index in [0.29, 0.717) is 28.7 Å². The van der Waals surface area contributed by atoms with Crippen molar-refractivity contribution in [3.05, 3.63) is 28.2 Å². The molecule has 0 atom stereocenters. The lowest BCUT2D eigenvalue weighted by atomic mass is 9.66. The van der Waals surface area contributed by atoms with E-state index in [-0.39, 0.29) is 11.3 Å². The smallest absolute Gasteiger partial charge is 0.328 e. The third kappa shape index (κ3) is 2.27. The highest BCUT2D eigenvalue weighted by Gasteiger charge is 2.44. The van der Waals surface area contributed by atoms with Gasteiger partial charge in [-0.3, -0.25) is 4.79 Å². The standard InChI is InChI=1S/C14H14Cl2N2O2/c15-9-2-3-10(16)11(6-9)18-12(19)7-14(4-1-5-14)8-17-13(18)20/h2-3,6H,1,4-5,7-8H2,(H,17,20). The Morgan fingerprint density at radius 1 is 1.20 bits per heavy atom. The van der Waals surface area contributed by atoms with Crippen LogP contribution in [0.3, 0.4) is 0 Å². The van der Waals surface area contributed by atoms with Crippen molar-refractivity contribution in [2.24, 2.45) is 5.41 Å². The molecule has 0 radical (unpaired) electrons. The highest BCUT2D eigenvalue weighted by molar-refractivity contribution is 6.37. The molecule has 1 aromatic rings. The number of rotatable bonds is 1. The van der Waals surface area contributed by atoms with E-state index in [1.54, 1.807) is 18.2 Å². The van der Waals surface area contributed by atoms with E-state index < -0.39 is 6.03 Å². The van der Waals surface area contributed by atoms with Gasteiger partial charge in [0.15, 0.2) is 0 Å². The molecular weight excluding hydrogens is 299 g/mol. The molecule has 0 aromatic heterocycles. The molecule has 1 saturated heterocycles. The molecule has 1 saturated carbocycles. The van der Waals surface area contributed by atoms with E-state index >= 15 is 0 Å². The molecule has 0 bridgehead atoms. The van der Waals surface area contributed by atoms with Crippen molar-refractivity contribution >= 4 is 40.8 Å². The normalized spacial score (nSPS) is 21.4. The SMILES string of the molecule is O=C1CC2(CCC2)CNC(=O)N1c1cc(Cl)ccc1Cl. The Balaban J connectivity index is 1.96. The Bertz CT molecular complexity index is 585. The second kappa shape index (κ2) is 4.93. The maximum Gasteiger partial charge on any atom is 0.328 e. The lowest BCUT2D eigenvalue weighted by Crippen LogP contribution is -2.42. The van der Waals surface area contributed by atoms with Gasteiger partial charge in [-0.1, -0.05) is 29.6 Å². The van der Waals surface area contributed by atoms with E-state index in [9.17, 15) is 9.59 Å². The van der Waals surface area contributed by atoms with Crippen molar-refractivity contribution in [2.45, 2.75) is 25.7 Å². The van der Waals surface area contributed by atoms with Crippen LogP contribution in [0.25, 0.3) is 0 Å². The van der Waals surface area contributed by atoms with Crippen LogP contribution in [0.1, 0.15) is 25.7 Å². The summed E-state index contributed by atoms with van der Waals surface area (Å²) >= 11 is 12.0. The molecule has 1 aliphatic heterocycles. The van der Waals surface area contributed by atoms with Gasteiger partial charge in [0.2, 0.25) is 5.91 Å². The quantitative estimate of drug-likeness (QED) is 0.861. The van der Waals surface area contributed by atoms with Crippen molar-refractivity contribution in [1.82, 2.24) is 5.32 Å². The van der Waals surface area contributed by atoms with Crippen LogP contribution in [0.2, 0.25) is 10.0 Å². The zero-order valence-electron chi connectivity index (χ0n) is 10.8. The van der Waals surface area contributed by atoms with Crippen LogP contribution < -0.4 is 10.2 Å². The van der Waals surface area contributed by atoms with Gasteiger partial charge in [0.05, 0.1) is 10.7 Å². The van der Waals surface area contributed by atoms with Crippen LogP contribution >= 0.6 is 23.2 Å². The predicted octanol–water partition coefficient (Wildman–Crippen LogP) is 3.61. The minimum Gasteiger partial charge on any atom is -0.337 e.